The molecule has 86 valence electrons. The van der Waals surface area contributed by atoms with Crippen molar-refractivity contribution in [2.75, 3.05) is 0 Å². The highest BCUT2D eigenvalue weighted by molar-refractivity contribution is 5.32. The molecule has 0 atom stereocenters. The average molecular weight is 218 g/mol. The van der Waals surface area contributed by atoms with Crippen LogP contribution in [0.15, 0.2) is 35.5 Å². The van der Waals surface area contributed by atoms with Crippen molar-refractivity contribution < 1.29 is 13.2 Å². The molecule has 0 saturated carbocycles. The third-order valence-electron chi connectivity index (χ3n) is 2.07. The molecule has 3 heteroatoms. The van der Waals surface area contributed by atoms with Crippen molar-refractivity contribution in [3.05, 3.63) is 35.5 Å². The fourth-order valence-electron chi connectivity index (χ4n) is 1.14. The van der Waals surface area contributed by atoms with Gasteiger partial charge in [-0.2, -0.15) is 13.2 Å². The van der Waals surface area contributed by atoms with Gasteiger partial charge >= 0.3 is 6.18 Å². The molecule has 0 fully saturated rings. The topological polar surface area (TPSA) is 0 Å². The molecule has 0 aliphatic rings. The Kier molecular flexibility index (Phi) is 4.85. The Morgan fingerprint density at radius 2 is 1.60 bits per heavy atom. The van der Waals surface area contributed by atoms with Gasteiger partial charge in [0.25, 0.3) is 0 Å². The van der Waals surface area contributed by atoms with Gasteiger partial charge in [0.05, 0.1) is 0 Å². The van der Waals surface area contributed by atoms with Crippen molar-refractivity contribution >= 4 is 0 Å². The molecular formula is C12H17F3. The van der Waals surface area contributed by atoms with Crippen LogP contribution in [-0.4, -0.2) is 6.18 Å². The minimum absolute atomic E-state index is 0.180. The molecule has 0 N–H and O–H groups in total. The highest BCUT2D eigenvalue weighted by Crippen LogP contribution is 2.26. The maximum atomic E-state index is 12.2. The fourth-order valence-corrected chi connectivity index (χ4v) is 1.14. The van der Waals surface area contributed by atoms with Crippen LogP contribution in [-0.2, 0) is 0 Å². The van der Waals surface area contributed by atoms with E-state index < -0.39 is 11.7 Å². The second-order valence-electron chi connectivity index (χ2n) is 3.90. The highest BCUT2D eigenvalue weighted by atomic mass is 19.4. The van der Waals surface area contributed by atoms with Gasteiger partial charge in [-0.05, 0) is 25.3 Å². The van der Waals surface area contributed by atoms with Gasteiger partial charge in [-0.15, -0.1) is 0 Å². The van der Waals surface area contributed by atoms with E-state index in [0.29, 0.717) is 0 Å². The number of hydrogen-bond acceptors (Lipinski definition) is 0. The van der Waals surface area contributed by atoms with Crippen LogP contribution in [0, 0.1) is 5.92 Å². The molecule has 0 aliphatic heterocycles. The van der Waals surface area contributed by atoms with Gasteiger partial charge in [-0.1, -0.05) is 38.2 Å². The van der Waals surface area contributed by atoms with E-state index in [1.807, 2.05) is 13.8 Å². The summed E-state index contributed by atoms with van der Waals surface area (Å²) in [5.74, 6) is 0.180. The number of hydrogen-bond donors (Lipinski definition) is 0. The number of allylic oxidation sites excluding steroid dienone is 5. The van der Waals surface area contributed by atoms with Gasteiger partial charge in [0.2, 0.25) is 0 Å². The molecule has 0 rings (SSSR count). The predicted molar refractivity (Wildman–Crippen MR) is 57.5 cm³/mol. The van der Waals surface area contributed by atoms with Gasteiger partial charge in [0, 0.05) is 5.57 Å². The Labute approximate surface area is 89.2 Å². The molecule has 0 spiro atoms. The highest BCUT2D eigenvalue weighted by Gasteiger charge is 2.29. The smallest absolute Gasteiger partial charge is 0.166 e. The maximum absolute atomic E-state index is 12.2. The molecule has 15 heavy (non-hydrogen) atoms. The molecule has 0 aliphatic carbocycles. The first-order valence-corrected chi connectivity index (χ1v) is 4.77. The molecule has 0 bridgehead atoms. The largest absolute Gasteiger partial charge is 0.412 e. The summed E-state index contributed by atoms with van der Waals surface area (Å²) in [6, 6.07) is 0. The molecule has 0 nitrogen and oxygen atoms in total. The first-order valence-electron chi connectivity index (χ1n) is 4.77. The van der Waals surface area contributed by atoms with Gasteiger partial charge in [0.15, 0.2) is 0 Å². The second-order valence-corrected chi connectivity index (χ2v) is 3.90. The van der Waals surface area contributed by atoms with Crippen molar-refractivity contribution in [1.29, 1.82) is 0 Å². The lowest BCUT2D eigenvalue weighted by Gasteiger charge is -2.10. The summed E-state index contributed by atoms with van der Waals surface area (Å²) in [7, 11) is 0. The quantitative estimate of drug-likeness (QED) is 0.605. The Morgan fingerprint density at radius 3 is 1.87 bits per heavy atom. The zero-order valence-electron chi connectivity index (χ0n) is 9.57. The SMILES string of the molecule is C=C(C)/C(=C\C=C(/C)C(F)(F)F)C(C)C. The van der Waals surface area contributed by atoms with Crippen LogP contribution in [0.5, 0.6) is 0 Å². The van der Waals surface area contributed by atoms with E-state index in [1.54, 1.807) is 6.92 Å². The summed E-state index contributed by atoms with van der Waals surface area (Å²) in [5, 5.41) is 0. The predicted octanol–water partition coefficient (Wildman–Crippen LogP) is 4.65. The minimum atomic E-state index is -4.24. The minimum Gasteiger partial charge on any atom is -0.166 e. The van der Waals surface area contributed by atoms with Crippen LogP contribution in [0.2, 0.25) is 0 Å². The van der Waals surface area contributed by atoms with Crippen LogP contribution in [0.4, 0.5) is 13.2 Å². The Balaban J connectivity index is 4.96. The summed E-state index contributed by atoms with van der Waals surface area (Å²) < 4.78 is 36.5. The molecule has 0 heterocycles. The molecule has 0 amide bonds. The van der Waals surface area contributed by atoms with E-state index in [-0.39, 0.29) is 5.92 Å². The third-order valence-corrected chi connectivity index (χ3v) is 2.07. The summed E-state index contributed by atoms with van der Waals surface area (Å²) in [5.41, 5.74) is 1.05. The van der Waals surface area contributed by atoms with Gasteiger partial charge in [0.1, 0.15) is 0 Å². The maximum Gasteiger partial charge on any atom is 0.412 e. The van der Waals surface area contributed by atoms with E-state index in [0.717, 1.165) is 24.1 Å². The van der Waals surface area contributed by atoms with Gasteiger partial charge < -0.3 is 0 Å². The Bertz CT molecular complexity index is 290. The molecule has 0 aromatic heterocycles. The summed E-state index contributed by atoms with van der Waals surface area (Å²) in [6.07, 6.45) is -1.65. The standard InChI is InChI=1S/C12H17F3/c1-8(2)11(9(3)4)7-6-10(5)12(13,14)15/h6-7,9H,1H2,2-5H3/b10-6+,11-7+. The number of rotatable bonds is 3. The third kappa shape index (κ3) is 4.86. The van der Waals surface area contributed by atoms with E-state index in [9.17, 15) is 13.2 Å². The second kappa shape index (κ2) is 5.19. The van der Waals surface area contributed by atoms with Crippen molar-refractivity contribution in [1.82, 2.24) is 0 Å². The number of halogens is 3. The molecule has 0 aromatic carbocycles. The first-order chi connectivity index (χ1) is 6.66. The molecule has 0 aromatic rings. The lowest BCUT2D eigenvalue weighted by molar-refractivity contribution is -0.0913. The monoisotopic (exact) mass is 218 g/mol. The molecule has 0 saturated heterocycles. The summed E-state index contributed by atoms with van der Waals surface area (Å²) in [6.45, 7) is 10.5. The van der Waals surface area contributed by atoms with Crippen molar-refractivity contribution in [3.63, 3.8) is 0 Å². The summed E-state index contributed by atoms with van der Waals surface area (Å²) >= 11 is 0. The lowest BCUT2D eigenvalue weighted by Crippen LogP contribution is -2.08. The molecule has 0 radical (unpaired) electrons. The van der Waals surface area contributed by atoms with Gasteiger partial charge in [-0.25, -0.2) is 0 Å². The Morgan fingerprint density at radius 1 is 1.13 bits per heavy atom. The van der Waals surface area contributed by atoms with Crippen molar-refractivity contribution in [2.45, 2.75) is 33.9 Å². The van der Waals surface area contributed by atoms with Crippen LogP contribution in [0.3, 0.4) is 0 Å². The normalized spacial score (nSPS) is 14.7. The van der Waals surface area contributed by atoms with E-state index in [1.165, 1.54) is 6.08 Å². The van der Waals surface area contributed by atoms with E-state index in [4.69, 9.17) is 0 Å². The summed E-state index contributed by atoms with van der Waals surface area (Å²) in [4.78, 5) is 0. The molecular weight excluding hydrogens is 201 g/mol. The Hall–Kier alpha value is -0.990. The first kappa shape index (κ1) is 14.0. The number of alkyl halides is 3. The fraction of sp³-hybridized carbons (Fsp3) is 0.500. The zero-order valence-corrected chi connectivity index (χ0v) is 9.57. The van der Waals surface area contributed by atoms with Crippen LogP contribution in [0.1, 0.15) is 27.7 Å². The van der Waals surface area contributed by atoms with E-state index >= 15 is 0 Å². The molecule has 0 unspecified atom stereocenters. The lowest BCUT2D eigenvalue weighted by atomic mass is 9.96. The van der Waals surface area contributed by atoms with Gasteiger partial charge in [-0.3, -0.25) is 0 Å². The van der Waals surface area contributed by atoms with E-state index in [2.05, 4.69) is 6.58 Å². The van der Waals surface area contributed by atoms with Crippen LogP contribution < -0.4 is 0 Å². The van der Waals surface area contributed by atoms with Crippen molar-refractivity contribution in [2.24, 2.45) is 5.92 Å². The zero-order chi connectivity index (χ0) is 12.2. The van der Waals surface area contributed by atoms with Crippen LogP contribution in [0.25, 0.3) is 0 Å². The average Bonchev–Trinajstić information content (AvgIpc) is 2.00. The van der Waals surface area contributed by atoms with Crippen LogP contribution >= 0.6 is 0 Å². The van der Waals surface area contributed by atoms with Crippen molar-refractivity contribution in [3.8, 4) is 0 Å².